The van der Waals surface area contributed by atoms with Gasteiger partial charge in [0.1, 0.15) is 0 Å². The van der Waals surface area contributed by atoms with Gasteiger partial charge in [0.2, 0.25) is 0 Å². The fourth-order valence-electron chi connectivity index (χ4n) is 2.37. The van der Waals surface area contributed by atoms with Crippen molar-refractivity contribution in [3.63, 3.8) is 0 Å². The molecule has 0 spiro atoms. The van der Waals surface area contributed by atoms with Crippen molar-refractivity contribution in [2.75, 3.05) is 5.32 Å². The molecule has 1 aromatic rings. The number of carbonyl (C=O) groups is 3. The molecule has 0 heterocycles. The molecule has 0 unspecified atom stereocenters. The van der Waals surface area contributed by atoms with Crippen LogP contribution in [0.4, 0.5) is 5.69 Å². The predicted octanol–water partition coefficient (Wildman–Crippen LogP) is 2.93. The van der Waals surface area contributed by atoms with Crippen molar-refractivity contribution in [3.8, 4) is 0 Å². The molecular formula is C15H14ClNO5. The number of amides is 1. The Hall–Kier alpha value is -2.34. The van der Waals surface area contributed by atoms with Crippen LogP contribution in [0.25, 0.3) is 0 Å². The molecule has 1 aliphatic carbocycles. The van der Waals surface area contributed by atoms with E-state index in [1.165, 1.54) is 18.2 Å². The Morgan fingerprint density at radius 2 is 1.64 bits per heavy atom. The summed E-state index contributed by atoms with van der Waals surface area (Å²) in [7, 11) is 0. The molecular weight excluding hydrogens is 310 g/mol. The van der Waals surface area contributed by atoms with Gasteiger partial charge in [-0.3, -0.25) is 4.79 Å². The monoisotopic (exact) mass is 323 g/mol. The van der Waals surface area contributed by atoms with Crippen LogP contribution in [-0.2, 0) is 9.59 Å². The van der Waals surface area contributed by atoms with Crippen molar-refractivity contribution in [2.24, 2.45) is 0 Å². The predicted molar refractivity (Wildman–Crippen MR) is 80.2 cm³/mol. The number of carboxylic acid groups (broad SMARTS) is 2. The molecule has 0 aromatic heterocycles. The normalized spacial score (nSPS) is 14.6. The smallest absolute Gasteiger partial charge is 0.337 e. The minimum atomic E-state index is -1.20. The van der Waals surface area contributed by atoms with Crippen molar-refractivity contribution < 1.29 is 24.6 Å². The van der Waals surface area contributed by atoms with E-state index in [0.29, 0.717) is 12.8 Å². The van der Waals surface area contributed by atoms with E-state index in [-0.39, 0.29) is 27.4 Å². The molecule has 0 atom stereocenters. The first-order valence-electron chi connectivity index (χ1n) is 6.69. The lowest BCUT2D eigenvalue weighted by Gasteiger charge is -2.17. The van der Waals surface area contributed by atoms with Crippen LogP contribution < -0.4 is 5.32 Å². The highest BCUT2D eigenvalue weighted by molar-refractivity contribution is 6.33. The van der Waals surface area contributed by atoms with Gasteiger partial charge in [-0.25, -0.2) is 9.59 Å². The molecule has 0 radical (unpaired) electrons. The second kappa shape index (κ2) is 6.62. The first kappa shape index (κ1) is 16.0. The number of anilines is 1. The van der Waals surface area contributed by atoms with E-state index in [9.17, 15) is 14.4 Å². The number of carbonyl (C=O) groups excluding carboxylic acids is 1. The van der Waals surface area contributed by atoms with Crippen LogP contribution >= 0.6 is 11.6 Å². The lowest BCUT2D eigenvalue weighted by Crippen LogP contribution is -2.21. The Morgan fingerprint density at radius 1 is 1.00 bits per heavy atom. The van der Waals surface area contributed by atoms with E-state index in [2.05, 4.69) is 5.32 Å². The summed E-state index contributed by atoms with van der Waals surface area (Å²) in [5.74, 6) is -2.81. The highest BCUT2D eigenvalue weighted by Crippen LogP contribution is 2.27. The van der Waals surface area contributed by atoms with Crippen molar-refractivity contribution in [3.05, 3.63) is 39.9 Å². The van der Waals surface area contributed by atoms with Gasteiger partial charge in [0, 0.05) is 16.8 Å². The largest absolute Gasteiger partial charge is 0.478 e. The average Bonchev–Trinajstić information content (AvgIpc) is 2.48. The lowest BCUT2D eigenvalue weighted by molar-refractivity contribution is -0.133. The zero-order valence-corrected chi connectivity index (χ0v) is 12.3. The zero-order valence-electron chi connectivity index (χ0n) is 11.6. The molecule has 22 heavy (non-hydrogen) atoms. The lowest BCUT2D eigenvalue weighted by atomic mass is 9.91. The number of nitrogens with one attached hydrogen (secondary N) is 1. The minimum absolute atomic E-state index is 0.0635. The molecule has 0 fully saturated rings. The third-order valence-corrected chi connectivity index (χ3v) is 3.78. The van der Waals surface area contributed by atoms with Crippen LogP contribution in [0, 0.1) is 0 Å². The van der Waals surface area contributed by atoms with Gasteiger partial charge in [-0.1, -0.05) is 11.6 Å². The number of rotatable bonds is 4. The summed E-state index contributed by atoms with van der Waals surface area (Å²) in [4.78, 5) is 34.4. The second-order valence-corrected chi connectivity index (χ2v) is 5.33. The Labute approximate surface area is 131 Å². The van der Waals surface area contributed by atoms with Gasteiger partial charge in [0.15, 0.2) is 0 Å². The zero-order chi connectivity index (χ0) is 16.3. The quantitative estimate of drug-likeness (QED) is 0.790. The average molecular weight is 324 g/mol. The van der Waals surface area contributed by atoms with Gasteiger partial charge in [-0.05, 0) is 43.9 Å². The molecule has 1 aliphatic rings. The molecule has 3 N–H and O–H groups in total. The topological polar surface area (TPSA) is 104 Å². The number of hydrogen-bond donors (Lipinski definition) is 3. The van der Waals surface area contributed by atoms with Gasteiger partial charge in [-0.15, -0.1) is 0 Å². The van der Waals surface area contributed by atoms with Crippen LogP contribution in [0.5, 0.6) is 0 Å². The number of aromatic carboxylic acids is 1. The molecule has 0 aliphatic heterocycles. The highest BCUT2D eigenvalue weighted by Gasteiger charge is 2.23. The van der Waals surface area contributed by atoms with Crippen LogP contribution in [0.2, 0.25) is 5.02 Å². The molecule has 6 nitrogen and oxygen atoms in total. The summed E-state index contributed by atoms with van der Waals surface area (Å²) in [5.41, 5.74) is 0.493. The Morgan fingerprint density at radius 3 is 2.23 bits per heavy atom. The minimum Gasteiger partial charge on any atom is -0.478 e. The first-order chi connectivity index (χ1) is 10.4. The molecule has 0 saturated carbocycles. The summed E-state index contributed by atoms with van der Waals surface area (Å²) < 4.78 is 0. The fraction of sp³-hybridized carbons (Fsp3) is 0.267. The maximum atomic E-state index is 12.2. The standard InChI is InChI=1S/C15H14ClNO5/c16-12-6-5-8(7-11(12)15(21)22)17-13(18)9-3-1-2-4-10(9)14(19)20/h5-7H,1-4H2,(H,17,18)(H,19,20)(H,21,22). The van der Waals surface area contributed by atoms with E-state index in [1.54, 1.807) is 0 Å². The van der Waals surface area contributed by atoms with Gasteiger partial charge >= 0.3 is 11.9 Å². The number of aliphatic carboxylic acids is 1. The van der Waals surface area contributed by atoms with E-state index in [0.717, 1.165) is 12.8 Å². The number of halogens is 1. The van der Waals surface area contributed by atoms with Crippen LogP contribution in [0.3, 0.4) is 0 Å². The summed E-state index contributed by atoms with van der Waals surface area (Å²) in [6, 6.07) is 4.08. The van der Waals surface area contributed by atoms with Gasteiger partial charge in [0.05, 0.1) is 10.6 Å². The molecule has 0 saturated heterocycles. The number of carboxylic acids is 2. The molecule has 2 rings (SSSR count). The molecule has 116 valence electrons. The van der Waals surface area contributed by atoms with Gasteiger partial charge in [-0.2, -0.15) is 0 Å². The summed E-state index contributed by atoms with van der Waals surface area (Å²) in [6.07, 6.45) is 2.25. The van der Waals surface area contributed by atoms with Gasteiger partial charge < -0.3 is 15.5 Å². The van der Waals surface area contributed by atoms with Crippen LogP contribution in [-0.4, -0.2) is 28.1 Å². The number of hydrogen-bond acceptors (Lipinski definition) is 3. The summed E-state index contributed by atoms with van der Waals surface area (Å²) in [5, 5.41) is 20.7. The molecule has 1 aromatic carbocycles. The van der Waals surface area contributed by atoms with Crippen LogP contribution in [0.15, 0.2) is 29.3 Å². The Kier molecular flexibility index (Phi) is 4.82. The van der Waals surface area contributed by atoms with Crippen molar-refractivity contribution in [2.45, 2.75) is 25.7 Å². The van der Waals surface area contributed by atoms with E-state index >= 15 is 0 Å². The second-order valence-electron chi connectivity index (χ2n) is 4.92. The Bertz CT molecular complexity index is 681. The Balaban J connectivity index is 2.27. The molecule has 7 heteroatoms. The maximum Gasteiger partial charge on any atom is 0.337 e. The van der Waals surface area contributed by atoms with Gasteiger partial charge in [0.25, 0.3) is 5.91 Å². The third kappa shape index (κ3) is 3.46. The van der Waals surface area contributed by atoms with E-state index < -0.39 is 17.8 Å². The van der Waals surface area contributed by atoms with Crippen LogP contribution in [0.1, 0.15) is 36.0 Å². The maximum absolute atomic E-state index is 12.2. The third-order valence-electron chi connectivity index (χ3n) is 3.45. The fourth-order valence-corrected chi connectivity index (χ4v) is 2.56. The SMILES string of the molecule is O=C(O)C1=C(C(=O)Nc2ccc(Cl)c(C(=O)O)c2)CCCC1. The molecule has 0 bridgehead atoms. The highest BCUT2D eigenvalue weighted by atomic mass is 35.5. The van der Waals surface area contributed by atoms with Crippen molar-refractivity contribution in [1.82, 2.24) is 0 Å². The summed E-state index contributed by atoms with van der Waals surface area (Å²) >= 11 is 5.76. The summed E-state index contributed by atoms with van der Waals surface area (Å²) in [6.45, 7) is 0. The first-order valence-corrected chi connectivity index (χ1v) is 7.07. The molecule has 1 amide bonds. The van der Waals surface area contributed by atoms with Crippen molar-refractivity contribution >= 4 is 35.1 Å². The van der Waals surface area contributed by atoms with Crippen molar-refractivity contribution in [1.29, 1.82) is 0 Å². The number of benzene rings is 1. The van der Waals surface area contributed by atoms with E-state index in [4.69, 9.17) is 21.8 Å². The van der Waals surface area contributed by atoms with E-state index in [1.807, 2.05) is 0 Å².